The van der Waals surface area contributed by atoms with Crippen molar-refractivity contribution in [3.05, 3.63) is 71.2 Å². The van der Waals surface area contributed by atoms with Gasteiger partial charge in [-0.3, -0.25) is 9.78 Å². The summed E-state index contributed by atoms with van der Waals surface area (Å²) in [5.74, 6) is 0.295. The second kappa shape index (κ2) is 6.40. The number of hydrogen-bond donors (Lipinski definition) is 2. The molecule has 2 N–H and O–H groups in total. The van der Waals surface area contributed by atoms with E-state index in [9.17, 15) is 4.79 Å². The van der Waals surface area contributed by atoms with Crippen molar-refractivity contribution in [3.8, 4) is 0 Å². The molecule has 0 aliphatic carbocycles. The molecule has 1 amide bonds. The molecular formula is C18H17N7O. The van der Waals surface area contributed by atoms with Gasteiger partial charge in [0.15, 0.2) is 0 Å². The molecule has 1 aromatic carbocycles. The number of pyridine rings is 1. The molecule has 2 aromatic heterocycles. The van der Waals surface area contributed by atoms with Gasteiger partial charge < -0.3 is 10.6 Å². The van der Waals surface area contributed by atoms with E-state index in [0.29, 0.717) is 17.2 Å². The van der Waals surface area contributed by atoms with Crippen LogP contribution in [0.5, 0.6) is 0 Å². The first-order chi connectivity index (χ1) is 12.6. The molecule has 3 heterocycles. The maximum absolute atomic E-state index is 13.1. The fraction of sp³-hybridized carbons (Fsp3) is 0.167. The highest BCUT2D eigenvalue weighted by Crippen LogP contribution is 2.34. The third-order valence-electron chi connectivity index (χ3n) is 4.37. The number of fused-ring (bicyclic) bond motifs is 1. The maximum Gasteiger partial charge on any atom is 0.255 e. The lowest BCUT2D eigenvalue weighted by Gasteiger charge is -2.28. The van der Waals surface area contributed by atoms with Gasteiger partial charge in [0.1, 0.15) is 6.04 Å². The van der Waals surface area contributed by atoms with E-state index in [2.05, 4.69) is 31.1 Å². The van der Waals surface area contributed by atoms with Crippen LogP contribution in [0.1, 0.15) is 24.1 Å². The summed E-state index contributed by atoms with van der Waals surface area (Å²) in [5, 5.41) is 17.9. The summed E-state index contributed by atoms with van der Waals surface area (Å²) >= 11 is 0. The lowest BCUT2D eigenvalue weighted by atomic mass is 9.95. The zero-order chi connectivity index (χ0) is 18.1. The van der Waals surface area contributed by atoms with Gasteiger partial charge in [0.2, 0.25) is 5.95 Å². The summed E-state index contributed by atoms with van der Waals surface area (Å²) in [4.78, 5) is 17.2. The van der Waals surface area contributed by atoms with Crippen molar-refractivity contribution >= 4 is 17.5 Å². The lowest BCUT2D eigenvalue weighted by Crippen LogP contribution is -2.31. The van der Waals surface area contributed by atoms with Crippen LogP contribution in [-0.4, -0.2) is 31.1 Å². The standard InChI is InChI=1S/C18H17N7O/c1-11-5-3-4-6-14(11)21-17(26)15-12(2)20-18-22-23-24-25(18)16(15)13-7-9-19-10-8-13/h3-10,16H,1-2H3,(H,21,26)(H,20,22,24)/t16-/m0/s1. The van der Waals surface area contributed by atoms with E-state index in [4.69, 9.17) is 0 Å². The fourth-order valence-corrected chi connectivity index (χ4v) is 3.06. The monoisotopic (exact) mass is 347 g/mol. The summed E-state index contributed by atoms with van der Waals surface area (Å²) in [6, 6.07) is 10.9. The van der Waals surface area contributed by atoms with Crippen molar-refractivity contribution in [2.24, 2.45) is 0 Å². The van der Waals surface area contributed by atoms with Crippen molar-refractivity contribution in [1.29, 1.82) is 0 Å². The third-order valence-corrected chi connectivity index (χ3v) is 4.37. The molecule has 8 nitrogen and oxygen atoms in total. The van der Waals surface area contributed by atoms with Crippen LogP contribution >= 0.6 is 0 Å². The summed E-state index contributed by atoms with van der Waals surface area (Å²) in [6.45, 7) is 3.80. The number of amides is 1. The summed E-state index contributed by atoms with van der Waals surface area (Å²) < 4.78 is 1.61. The van der Waals surface area contributed by atoms with Crippen molar-refractivity contribution in [2.75, 3.05) is 10.6 Å². The largest absolute Gasteiger partial charge is 0.326 e. The van der Waals surface area contributed by atoms with Gasteiger partial charge in [-0.05, 0) is 53.6 Å². The number of anilines is 2. The van der Waals surface area contributed by atoms with Gasteiger partial charge in [0.25, 0.3) is 5.91 Å². The molecule has 1 atom stereocenters. The first-order valence-electron chi connectivity index (χ1n) is 8.17. The summed E-state index contributed by atoms with van der Waals surface area (Å²) in [7, 11) is 0. The first kappa shape index (κ1) is 15.9. The molecule has 1 aliphatic heterocycles. The van der Waals surface area contributed by atoms with Crippen molar-refractivity contribution in [3.63, 3.8) is 0 Å². The molecule has 3 aromatic rings. The van der Waals surface area contributed by atoms with Gasteiger partial charge in [-0.2, -0.15) is 4.68 Å². The number of benzene rings is 1. The Bertz CT molecular complexity index is 994. The number of para-hydroxylation sites is 1. The van der Waals surface area contributed by atoms with Gasteiger partial charge in [-0.1, -0.05) is 23.3 Å². The van der Waals surface area contributed by atoms with Gasteiger partial charge in [-0.25, -0.2) is 0 Å². The fourth-order valence-electron chi connectivity index (χ4n) is 3.06. The van der Waals surface area contributed by atoms with E-state index in [1.54, 1.807) is 17.1 Å². The molecule has 0 saturated heterocycles. The Labute approximate surface area is 150 Å². The number of aryl methyl sites for hydroxylation is 1. The van der Waals surface area contributed by atoms with Crippen LogP contribution in [0.3, 0.4) is 0 Å². The normalized spacial score (nSPS) is 16.0. The van der Waals surface area contributed by atoms with Gasteiger partial charge in [0, 0.05) is 23.8 Å². The number of nitrogens with zero attached hydrogens (tertiary/aromatic N) is 5. The number of rotatable bonds is 3. The average Bonchev–Trinajstić information content (AvgIpc) is 3.11. The molecule has 0 fully saturated rings. The van der Waals surface area contributed by atoms with Crippen LogP contribution < -0.4 is 10.6 Å². The zero-order valence-corrected chi connectivity index (χ0v) is 14.3. The van der Waals surface area contributed by atoms with Crippen LogP contribution in [-0.2, 0) is 4.79 Å². The van der Waals surface area contributed by atoms with Crippen LogP contribution in [0, 0.1) is 6.92 Å². The highest BCUT2D eigenvalue weighted by Gasteiger charge is 2.34. The van der Waals surface area contributed by atoms with E-state index < -0.39 is 6.04 Å². The molecule has 0 bridgehead atoms. The van der Waals surface area contributed by atoms with Crippen molar-refractivity contribution in [1.82, 2.24) is 25.2 Å². The van der Waals surface area contributed by atoms with Crippen molar-refractivity contribution < 1.29 is 4.79 Å². The lowest BCUT2D eigenvalue weighted by molar-refractivity contribution is -0.113. The number of hydrogen-bond acceptors (Lipinski definition) is 6. The minimum absolute atomic E-state index is 0.202. The van der Waals surface area contributed by atoms with Crippen molar-refractivity contribution in [2.45, 2.75) is 19.9 Å². The quantitative estimate of drug-likeness (QED) is 0.754. The molecule has 4 rings (SSSR count). The Kier molecular flexibility index (Phi) is 3.92. The molecule has 8 heteroatoms. The molecule has 0 radical (unpaired) electrons. The molecule has 1 aliphatic rings. The highest BCUT2D eigenvalue weighted by molar-refractivity contribution is 6.06. The predicted molar refractivity (Wildman–Crippen MR) is 96.3 cm³/mol. The third kappa shape index (κ3) is 2.71. The number of nitrogens with one attached hydrogen (secondary N) is 2. The van der Waals surface area contributed by atoms with Gasteiger partial charge in [-0.15, -0.1) is 0 Å². The Morgan fingerprint density at radius 1 is 1.15 bits per heavy atom. The molecule has 26 heavy (non-hydrogen) atoms. The molecule has 0 saturated carbocycles. The number of aromatic nitrogens is 5. The number of carbonyl (C=O) groups excluding carboxylic acids is 1. The van der Waals surface area contributed by atoms with E-state index in [-0.39, 0.29) is 5.91 Å². The minimum Gasteiger partial charge on any atom is -0.326 e. The number of allylic oxidation sites excluding steroid dienone is 1. The van der Waals surface area contributed by atoms with Crippen LogP contribution in [0.4, 0.5) is 11.6 Å². The smallest absolute Gasteiger partial charge is 0.255 e. The van der Waals surface area contributed by atoms with E-state index in [0.717, 1.165) is 16.8 Å². The van der Waals surface area contributed by atoms with Gasteiger partial charge >= 0.3 is 0 Å². The van der Waals surface area contributed by atoms with E-state index in [1.165, 1.54) is 0 Å². The minimum atomic E-state index is -0.437. The van der Waals surface area contributed by atoms with E-state index in [1.807, 2.05) is 50.2 Å². The topological polar surface area (TPSA) is 97.6 Å². The zero-order valence-electron chi connectivity index (χ0n) is 14.3. The van der Waals surface area contributed by atoms with Gasteiger partial charge in [0.05, 0.1) is 5.57 Å². The molecule has 0 unspecified atom stereocenters. The summed E-state index contributed by atoms with van der Waals surface area (Å²) in [6.07, 6.45) is 3.38. The Balaban J connectivity index is 1.77. The SMILES string of the molecule is CC1=C(C(=O)Nc2ccccc2C)[C@H](c2ccncc2)n2nnnc2N1. The second-order valence-electron chi connectivity index (χ2n) is 6.06. The maximum atomic E-state index is 13.1. The predicted octanol–water partition coefficient (Wildman–Crippen LogP) is 2.30. The Morgan fingerprint density at radius 2 is 1.92 bits per heavy atom. The van der Waals surface area contributed by atoms with Crippen LogP contribution in [0.25, 0.3) is 0 Å². The molecule has 0 spiro atoms. The summed E-state index contributed by atoms with van der Waals surface area (Å²) in [5.41, 5.74) is 3.91. The second-order valence-corrected chi connectivity index (χ2v) is 6.06. The Hall–Kier alpha value is -3.55. The molecular weight excluding hydrogens is 330 g/mol. The van der Waals surface area contributed by atoms with E-state index >= 15 is 0 Å². The highest BCUT2D eigenvalue weighted by atomic mass is 16.1. The first-order valence-corrected chi connectivity index (χ1v) is 8.17. The van der Waals surface area contributed by atoms with Crippen LogP contribution in [0.15, 0.2) is 60.1 Å². The number of tetrazole rings is 1. The van der Waals surface area contributed by atoms with Crippen LogP contribution in [0.2, 0.25) is 0 Å². The molecule has 130 valence electrons. The number of carbonyl (C=O) groups is 1. The average molecular weight is 347 g/mol. The Morgan fingerprint density at radius 3 is 2.69 bits per heavy atom.